The molecule has 0 bridgehead atoms. The lowest BCUT2D eigenvalue weighted by molar-refractivity contribution is 0.0479. The lowest BCUT2D eigenvalue weighted by atomic mass is 10.0. The van der Waals surface area contributed by atoms with Crippen molar-refractivity contribution in [1.82, 2.24) is 19.6 Å². The van der Waals surface area contributed by atoms with Crippen molar-refractivity contribution >= 4 is 0 Å². The third-order valence-electron chi connectivity index (χ3n) is 12.0. The Hall–Kier alpha value is -0.280. The number of piperazine rings is 1. The molecule has 0 aromatic heterocycles. The molecule has 54 heavy (non-hydrogen) atoms. The Morgan fingerprint density at radius 1 is 0.352 bits per heavy atom. The summed E-state index contributed by atoms with van der Waals surface area (Å²) >= 11 is 0. The summed E-state index contributed by atoms with van der Waals surface area (Å²) in [6.45, 7) is 20.8. The first-order valence-electron chi connectivity index (χ1n) is 24.3. The predicted octanol–water partition coefficient (Wildman–Crippen LogP) is 10.3. The second kappa shape index (κ2) is 38.2. The van der Waals surface area contributed by atoms with E-state index in [1.165, 1.54) is 135 Å². The Bertz CT molecular complexity index is 724. The Morgan fingerprint density at radius 2 is 0.630 bits per heavy atom. The van der Waals surface area contributed by atoms with Gasteiger partial charge in [0.15, 0.2) is 0 Å². The Kier molecular flexibility index (Phi) is 36.6. The van der Waals surface area contributed by atoms with Crippen LogP contribution in [0.3, 0.4) is 0 Å². The topological polar surface area (TPSA) is 73.7 Å². The van der Waals surface area contributed by atoms with E-state index in [-0.39, 0.29) is 18.3 Å². The number of aliphatic hydroxyl groups is 3. The molecule has 1 aliphatic rings. The molecule has 7 nitrogen and oxygen atoms in total. The summed E-state index contributed by atoms with van der Waals surface area (Å²) in [5.74, 6) is 0. The van der Waals surface area contributed by atoms with Gasteiger partial charge in [-0.1, -0.05) is 182 Å². The van der Waals surface area contributed by atoms with E-state index in [1.54, 1.807) is 0 Å². The second-order valence-corrected chi connectivity index (χ2v) is 17.5. The van der Waals surface area contributed by atoms with Gasteiger partial charge in [-0.25, -0.2) is 0 Å². The summed E-state index contributed by atoms with van der Waals surface area (Å²) in [5.41, 5.74) is 0. The summed E-state index contributed by atoms with van der Waals surface area (Å²) in [4.78, 5) is 10.1. The van der Waals surface area contributed by atoms with Gasteiger partial charge in [-0.2, -0.15) is 0 Å². The van der Waals surface area contributed by atoms with E-state index in [0.29, 0.717) is 13.1 Å². The molecule has 0 amide bonds. The lowest BCUT2D eigenvalue weighted by Crippen LogP contribution is -2.51. The molecule has 0 aromatic rings. The molecule has 0 saturated carbocycles. The largest absolute Gasteiger partial charge is 0.392 e. The minimum Gasteiger partial charge on any atom is -0.392 e. The van der Waals surface area contributed by atoms with Crippen LogP contribution in [-0.4, -0.2) is 132 Å². The quantitative estimate of drug-likeness (QED) is 0.0535. The average Bonchev–Trinajstić information content (AvgIpc) is 3.16. The number of hydrogen-bond acceptors (Lipinski definition) is 7. The van der Waals surface area contributed by atoms with Crippen molar-refractivity contribution in [3.8, 4) is 0 Å². The van der Waals surface area contributed by atoms with Gasteiger partial charge in [0, 0.05) is 72.0 Å². The van der Waals surface area contributed by atoms with Crippen LogP contribution >= 0.6 is 0 Å². The molecule has 1 aliphatic heterocycles. The highest BCUT2D eigenvalue weighted by molar-refractivity contribution is 4.77. The van der Waals surface area contributed by atoms with E-state index in [9.17, 15) is 15.3 Å². The predicted molar refractivity (Wildman–Crippen MR) is 236 cm³/mol. The normalized spacial score (nSPS) is 16.2. The zero-order valence-corrected chi connectivity index (χ0v) is 37.1. The highest BCUT2D eigenvalue weighted by atomic mass is 16.3. The van der Waals surface area contributed by atoms with Crippen LogP contribution in [0.4, 0.5) is 0 Å². The first-order chi connectivity index (χ1) is 26.4. The van der Waals surface area contributed by atoms with Gasteiger partial charge < -0.3 is 15.3 Å². The van der Waals surface area contributed by atoms with Gasteiger partial charge in [0.25, 0.3) is 0 Å². The molecule has 1 rings (SSSR count). The van der Waals surface area contributed by atoms with Gasteiger partial charge >= 0.3 is 0 Å². The molecule has 0 aliphatic carbocycles. The zero-order chi connectivity index (χ0) is 39.3. The van der Waals surface area contributed by atoms with Gasteiger partial charge in [-0.15, -0.1) is 0 Å². The van der Waals surface area contributed by atoms with Crippen molar-refractivity contribution in [1.29, 1.82) is 0 Å². The molecular weight excluding hydrogens is 669 g/mol. The van der Waals surface area contributed by atoms with Gasteiger partial charge in [0.05, 0.1) is 18.3 Å². The zero-order valence-electron chi connectivity index (χ0n) is 37.1. The Morgan fingerprint density at radius 3 is 0.944 bits per heavy atom. The second-order valence-electron chi connectivity index (χ2n) is 17.5. The molecule has 0 spiro atoms. The van der Waals surface area contributed by atoms with Crippen molar-refractivity contribution in [3.63, 3.8) is 0 Å². The first-order valence-corrected chi connectivity index (χ1v) is 24.3. The molecule has 1 heterocycles. The molecule has 1 saturated heterocycles. The van der Waals surface area contributed by atoms with Crippen LogP contribution in [0.5, 0.6) is 0 Å². The summed E-state index contributed by atoms with van der Waals surface area (Å²) in [6, 6.07) is 0. The highest BCUT2D eigenvalue weighted by Crippen LogP contribution is 2.15. The van der Waals surface area contributed by atoms with Crippen molar-refractivity contribution in [3.05, 3.63) is 0 Å². The van der Waals surface area contributed by atoms with Crippen molar-refractivity contribution < 1.29 is 15.3 Å². The van der Waals surface area contributed by atoms with E-state index in [4.69, 9.17) is 0 Å². The minimum absolute atomic E-state index is 0.200. The van der Waals surface area contributed by atoms with Crippen LogP contribution in [0.15, 0.2) is 0 Å². The van der Waals surface area contributed by atoms with Gasteiger partial charge in [-0.05, 0) is 32.2 Å². The van der Waals surface area contributed by atoms with Crippen LogP contribution in [-0.2, 0) is 0 Å². The van der Waals surface area contributed by atoms with Crippen molar-refractivity contribution in [2.24, 2.45) is 0 Å². The molecule has 3 unspecified atom stereocenters. The average molecular weight is 767 g/mol. The number of unbranched alkanes of at least 4 members (excludes halogenated alkanes) is 21. The van der Waals surface area contributed by atoms with E-state index in [1.807, 2.05) is 0 Å². The maximum absolute atomic E-state index is 11.0. The molecule has 3 atom stereocenters. The molecule has 0 radical (unpaired) electrons. The van der Waals surface area contributed by atoms with Crippen LogP contribution < -0.4 is 0 Å². The summed E-state index contributed by atoms with van der Waals surface area (Å²) in [7, 11) is 0. The lowest BCUT2D eigenvalue weighted by Gasteiger charge is -2.37. The fraction of sp³-hybridized carbons (Fsp3) is 1.00. The standard InChI is InChI=1S/C47H98N4O3/c1-5-9-12-15-18-21-24-27-30-45(52)42-50(33-8-4)40-38-48-34-36-49(37-35-48)39-41-51(43-46(53)31-28-25-22-19-16-13-10-6-2)44-47(54)32-29-26-23-20-17-14-11-7-3/h45-47,52-54H,5-44H2,1-4H3. The van der Waals surface area contributed by atoms with Gasteiger partial charge in [-0.3, -0.25) is 19.6 Å². The SMILES string of the molecule is CCCCCCCCCCC(O)CN(CCC)CCN1CCN(CCN(CC(O)CCCCCCCCCC)CC(O)CCCCCCCCCC)CC1. The van der Waals surface area contributed by atoms with Crippen molar-refractivity contribution in [2.75, 3.05) is 78.5 Å². The summed E-state index contributed by atoms with van der Waals surface area (Å²) in [5, 5.41) is 32.9. The van der Waals surface area contributed by atoms with Gasteiger partial charge in [0.2, 0.25) is 0 Å². The number of hydrogen-bond donors (Lipinski definition) is 3. The van der Waals surface area contributed by atoms with Crippen molar-refractivity contribution in [2.45, 2.75) is 226 Å². The van der Waals surface area contributed by atoms with Crippen LogP contribution in [0.2, 0.25) is 0 Å². The fourth-order valence-electron chi connectivity index (χ4n) is 8.38. The monoisotopic (exact) mass is 767 g/mol. The molecule has 0 aromatic carbocycles. The molecule has 3 N–H and O–H groups in total. The highest BCUT2D eigenvalue weighted by Gasteiger charge is 2.21. The van der Waals surface area contributed by atoms with Crippen LogP contribution in [0.1, 0.15) is 207 Å². The third-order valence-corrected chi connectivity index (χ3v) is 12.0. The van der Waals surface area contributed by atoms with Crippen LogP contribution in [0, 0.1) is 0 Å². The molecular formula is C47H98N4O3. The summed E-state index contributed by atoms with van der Waals surface area (Å²) < 4.78 is 0. The Labute approximate surface area is 338 Å². The number of aliphatic hydroxyl groups excluding tert-OH is 3. The van der Waals surface area contributed by atoms with E-state index >= 15 is 0 Å². The molecule has 7 heteroatoms. The van der Waals surface area contributed by atoms with E-state index in [2.05, 4.69) is 47.3 Å². The fourth-order valence-corrected chi connectivity index (χ4v) is 8.38. The van der Waals surface area contributed by atoms with Gasteiger partial charge in [0.1, 0.15) is 0 Å². The Balaban J connectivity index is 2.43. The smallest absolute Gasteiger partial charge is 0.0667 e. The summed E-state index contributed by atoms with van der Waals surface area (Å²) in [6.07, 6.45) is 34.3. The molecule has 324 valence electrons. The number of rotatable bonds is 41. The molecule has 1 fully saturated rings. The maximum Gasteiger partial charge on any atom is 0.0667 e. The van der Waals surface area contributed by atoms with Crippen LogP contribution in [0.25, 0.3) is 0 Å². The third kappa shape index (κ3) is 31.8. The van der Waals surface area contributed by atoms with E-state index in [0.717, 1.165) is 110 Å². The maximum atomic E-state index is 11.0. The minimum atomic E-state index is -0.304. The van der Waals surface area contributed by atoms with E-state index < -0.39 is 0 Å². The first kappa shape index (κ1) is 51.7. The number of nitrogens with zero attached hydrogens (tertiary/aromatic N) is 4.